The molecule has 0 aromatic heterocycles. The maximum atomic E-state index is 11.8. The highest BCUT2D eigenvalue weighted by Crippen LogP contribution is 2.19. The average molecular weight is 366 g/mol. The van der Waals surface area contributed by atoms with Crippen LogP contribution in [0.5, 0.6) is 0 Å². The van der Waals surface area contributed by atoms with Gasteiger partial charge in [-0.3, -0.25) is 0 Å². The van der Waals surface area contributed by atoms with Gasteiger partial charge in [0.1, 0.15) is 0 Å². The number of carbonyl (C=O) groups is 3. The molecule has 0 amide bonds. The fourth-order valence-electron chi connectivity index (χ4n) is 2.34. The van der Waals surface area contributed by atoms with E-state index >= 15 is 0 Å². The van der Waals surface area contributed by atoms with Crippen LogP contribution < -0.4 is 0 Å². The number of unbranched alkanes of at least 4 members (excludes halogenated alkanes) is 3. The van der Waals surface area contributed by atoms with Crippen molar-refractivity contribution in [2.45, 2.75) is 65.2 Å². The summed E-state index contributed by atoms with van der Waals surface area (Å²) in [4.78, 5) is 34.5. The number of carboxylic acid groups (broad SMARTS) is 2. The molecule has 6 heteroatoms. The van der Waals surface area contributed by atoms with Gasteiger partial charge in [-0.2, -0.15) is 0 Å². The summed E-state index contributed by atoms with van der Waals surface area (Å²) in [5.41, 5.74) is -0.00777. The first kappa shape index (κ1) is 23.6. The van der Waals surface area contributed by atoms with E-state index in [4.69, 9.17) is 4.74 Å². The standard InChI is InChI=1S/C20H30O6/c1-4-6-8-9-14-26-20(25)15(3)11-10-13-17(19(23)24)16(18(21)22)12-7-5-2/h5,7H,3-4,6,8-14H2,1-2H3,(H,21,22)(H,23,24). The second-order valence-electron chi connectivity index (χ2n) is 5.99. The SMILES string of the molecule is C=C(CCCC(C(=O)O)=C(CC=CC)C(=O)O)C(=O)OCCCCCC. The molecule has 0 heterocycles. The molecular formula is C20H30O6. The molecule has 146 valence electrons. The van der Waals surface area contributed by atoms with Gasteiger partial charge in [-0.05, 0) is 39.0 Å². The van der Waals surface area contributed by atoms with Crippen LogP contribution in [-0.2, 0) is 19.1 Å². The van der Waals surface area contributed by atoms with Crippen molar-refractivity contribution in [1.29, 1.82) is 0 Å². The molecule has 0 fully saturated rings. The van der Waals surface area contributed by atoms with Gasteiger partial charge in [0.25, 0.3) is 0 Å². The summed E-state index contributed by atoms with van der Waals surface area (Å²) in [6.07, 6.45) is 7.97. The zero-order chi connectivity index (χ0) is 19.9. The Kier molecular flexibility index (Phi) is 12.6. The molecule has 0 saturated heterocycles. The number of carboxylic acids is 2. The van der Waals surface area contributed by atoms with Crippen LogP contribution in [0.15, 0.2) is 35.5 Å². The fraction of sp³-hybridized carbons (Fsp3) is 0.550. The average Bonchev–Trinajstić information content (AvgIpc) is 2.59. The molecular weight excluding hydrogens is 336 g/mol. The minimum Gasteiger partial charge on any atom is -0.478 e. The van der Waals surface area contributed by atoms with Crippen molar-refractivity contribution in [2.75, 3.05) is 6.61 Å². The second kappa shape index (κ2) is 13.9. The number of ether oxygens (including phenoxy) is 1. The van der Waals surface area contributed by atoms with Crippen LogP contribution in [-0.4, -0.2) is 34.7 Å². The van der Waals surface area contributed by atoms with E-state index in [2.05, 4.69) is 13.5 Å². The van der Waals surface area contributed by atoms with Crippen molar-refractivity contribution >= 4 is 17.9 Å². The molecule has 0 aliphatic heterocycles. The highest BCUT2D eigenvalue weighted by Gasteiger charge is 2.19. The van der Waals surface area contributed by atoms with E-state index in [0.717, 1.165) is 25.7 Å². The predicted molar refractivity (Wildman–Crippen MR) is 99.8 cm³/mol. The molecule has 6 nitrogen and oxygen atoms in total. The minimum absolute atomic E-state index is 0.0498. The van der Waals surface area contributed by atoms with Gasteiger partial charge in [0.05, 0.1) is 12.2 Å². The van der Waals surface area contributed by atoms with Crippen molar-refractivity contribution in [1.82, 2.24) is 0 Å². The topological polar surface area (TPSA) is 101 Å². The summed E-state index contributed by atoms with van der Waals surface area (Å²) in [7, 11) is 0. The lowest BCUT2D eigenvalue weighted by Crippen LogP contribution is -2.12. The molecule has 0 aliphatic carbocycles. The van der Waals surface area contributed by atoms with Gasteiger partial charge in [0, 0.05) is 11.1 Å². The molecule has 0 bridgehead atoms. The van der Waals surface area contributed by atoms with Crippen molar-refractivity contribution < 1.29 is 29.3 Å². The molecule has 0 atom stereocenters. The maximum absolute atomic E-state index is 11.8. The highest BCUT2D eigenvalue weighted by molar-refractivity contribution is 5.99. The maximum Gasteiger partial charge on any atom is 0.333 e. The van der Waals surface area contributed by atoms with Gasteiger partial charge in [-0.15, -0.1) is 0 Å². The minimum atomic E-state index is -1.25. The van der Waals surface area contributed by atoms with Crippen molar-refractivity contribution in [3.8, 4) is 0 Å². The Labute approximate surface area is 155 Å². The lowest BCUT2D eigenvalue weighted by atomic mass is 9.98. The van der Waals surface area contributed by atoms with Gasteiger partial charge in [-0.1, -0.05) is 44.9 Å². The first-order valence-electron chi connectivity index (χ1n) is 8.99. The molecule has 0 aromatic carbocycles. The van der Waals surface area contributed by atoms with Crippen molar-refractivity contribution in [2.24, 2.45) is 0 Å². The molecule has 26 heavy (non-hydrogen) atoms. The predicted octanol–water partition coefficient (Wildman–Crippen LogP) is 4.27. The quantitative estimate of drug-likeness (QED) is 0.206. The Hall–Kier alpha value is -2.37. The van der Waals surface area contributed by atoms with Crippen LogP contribution in [0.3, 0.4) is 0 Å². The smallest absolute Gasteiger partial charge is 0.333 e. The molecule has 0 spiro atoms. The van der Waals surface area contributed by atoms with E-state index in [1.54, 1.807) is 19.1 Å². The van der Waals surface area contributed by atoms with E-state index in [9.17, 15) is 24.6 Å². The van der Waals surface area contributed by atoms with Gasteiger partial charge in [-0.25, -0.2) is 14.4 Å². The zero-order valence-corrected chi connectivity index (χ0v) is 15.8. The molecule has 0 aliphatic rings. The number of aliphatic carboxylic acids is 2. The molecule has 0 aromatic rings. The Balaban J connectivity index is 4.58. The Bertz CT molecular complexity index is 557. The first-order valence-corrected chi connectivity index (χ1v) is 8.99. The highest BCUT2D eigenvalue weighted by atomic mass is 16.5. The number of allylic oxidation sites excluding steroid dienone is 2. The van der Waals surface area contributed by atoms with Crippen LogP contribution in [0, 0.1) is 0 Å². The molecule has 0 unspecified atom stereocenters. The summed E-state index contributed by atoms with van der Waals surface area (Å²) < 4.78 is 5.12. The zero-order valence-electron chi connectivity index (χ0n) is 15.8. The van der Waals surface area contributed by atoms with Crippen LogP contribution in [0.2, 0.25) is 0 Å². The monoisotopic (exact) mass is 366 g/mol. The van der Waals surface area contributed by atoms with E-state index in [1.807, 2.05) is 0 Å². The van der Waals surface area contributed by atoms with Gasteiger partial charge in [0.15, 0.2) is 0 Å². The number of rotatable bonds is 14. The Morgan fingerprint density at radius 2 is 1.62 bits per heavy atom. The van der Waals surface area contributed by atoms with E-state index in [1.165, 1.54) is 0 Å². The summed E-state index contributed by atoms with van der Waals surface area (Å²) >= 11 is 0. The van der Waals surface area contributed by atoms with Gasteiger partial charge in [0.2, 0.25) is 0 Å². The van der Waals surface area contributed by atoms with E-state index in [0.29, 0.717) is 13.0 Å². The number of esters is 1. The molecule has 0 rings (SSSR count). The summed E-state index contributed by atoms with van der Waals surface area (Å²) in [6, 6.07) is 0. The third kappa shape index (κ3) is 9.81. The third-order valence-electron chi connectivity index (χ3n) is 3.86. The number of carbonyl (C=O) groups excluding carboxylic acids is 1. The van der Waals surface area contributed by atoms with Crippen LogP contribution in [0.1, 0.15) is 65.2 Å². The molecule has 0 radical (unpaired) electrons. The van der Waals surface area contributed by atoms with Crippen LogP contribution >= 0.6 is 0 Å². The lowest BCUT2D eigenvalue weighted by Gasteiger charge is -2.09. The molecule has 2 N–H and O–H groups in total. The summed E-state index contributed by atoms with van der Waals surface area (Å²) in [5, 5.41) is 18.5. The van der Waals surface area contributed by atoms with Gasteiger partial charge >= 0.3 is 17.9 Å². The van der Waals surface area contributed by atoms with E-state index in [-0.39, 0.29) is 36.0 Å². The fourth-order valence-corrected chi connectivity index (χ4v) is 2.34. The summed E-state index contributed by atoms with van der Waals surface area (Å²) in [6.45, 7) is 7.86. The number of hydrogen-bond donors (Lipinski definition) is 2. The second-order valence-corrected chi connectivity index (χ2v) is 5.99. The Morgan fingerprint density at radius 3 is 2.15 bits per heavy atom. The van der Waals surface area contributed by atoms with Crippen molar-refractivity contribution in [3.05, 3.63) is 35.5 Å². The van der Waals surface area contributed by atoms with Crippen LogP contribution in [0.4, 0.5) is 0 Å². The first-order chi connectivity index (χ1) is 12.3. The molecule has 0 saturated carbocycles. The van der Waals surface area contributed by atoms with Crippen LogP contribution in [0.25, 0.3) is 0 Å². The van der Waals surface area contributed by atoms with Crippen molar-refractivity contribution in [3.63, 3.8) is 0 Å². The summed E-state index contributed by atoms with van der Waals surface area (Å²) in [5.74, 6) is -2.98. The lowest BCUT2D eigenvalue weighted by molar-refractivity contribution is -0.139. The van der Waals surface area contributed by atoms with Gasteiger partial charge < -0.3 is 14.9 Å². The third-order valence-corrected chi connectivity index (χ3v) is 3.86. The Morgan fingerprint density at radius 1 is 0.962 bits per heavy atom. The normalized spacial score (nSPS) is 11.9. The number of hydrogen-bond acceptors (Lipinski definition) is 4. The largest absolute Gasteiger partial charge is 0.478 e. The van der Waals surface area contributed by atoms with E-state index < -0.39 is 17.9 Å².